The fraction of sp³-hybridized carbons (Fsp3) is 0.100. The van der Waals surface area contributed by atoms with Gasteiger partial charge in [-0.2, -0.15) is 0 Å². The Hall–Kier alpha value is -1.48. The number of hydrogen-bond donors (Lipinski definition) is 1. The lowest BCUT2D eigenvalue weighted by molar-refractivity contribution is -0.133. The number of ether oxygens (including phenoxy) is 1. The second-order valence-corrected chi connectivity index (χ2v) is 3.04. The summed E-state index contributed by atoms with van der Waals surface area (Å²) >= 11 is 5.79. The molecule has 0 unspecified atom stereocenters. The lowest BCUT2D eigenvalue weighted by Gasteiger charge is -2.06. The largest absolute Gasteiger partial charge is 0.487 e. The van der Waals surface area contributed by atoms with Crippen LogP contribution in [0.25, 0.3) is 0 Å². The Morgan fingerprint density at radius 1 is 1.50 bits per heavy atom. The van der Waals surface area contributed by atoms with Crippen LogP contribution in [0, 0.1) is 0 Å². The minimum atomic E-state index is -1.07. The Labute approximate surface area is 86.6 Å². The predicted molar refractivity (Wildman–Crippen MR) is 53.7 cm³/mol. The first-order chi connectivity index (χ1) is 6.61. The molecule has 1 aromatic rings. The molecule has 0 spiro atoms. The summed E-state index contributed by atoms with van der Waals surface area (Å²) in [5.41, 5.74) is -0.00933. The zero-order valence-electron chi connectivity index (χ0n) is 7.37. The van der Waals surface area contributed by atoms with Crippen molar-refractivity contribution in [3.05, 3.63) is 41.4 Å². The van der Waals surface area contributed by atoms with E-state index in [9.17, 15) is 4.79 Å². The summed E-state index contributed by atoms with van der Waals surface area (Å²) in [6.45, 7) is 3.26. The molecule has 0 atom stereocenters. The molecule has 0 saturated heterocycles. The van der Waals surface area contributed by atoms with Gasteiger partial charge < -0.3 is 9.84 Å². The van der Waals surface area contributed by atoms with Gasteiger partial charge in [0.1, 0.15) is 12.4 Å². The van der Waals surface area contributed by atoms with Crippen molar-refractivity contribution in [2.75, 3.05) is 6.61 Å². The number of carboxylic acids is 1. The monoisotopic (exact) mass is 212 g/mol. The molecule has 1 N–H and O–H groups in total. The topological polar surface area (TPSA) is 46.5 Å². The van der Waals surface area contributed by atoms with Crippen LogP contribution >= 0.6 is 11.6 Å². The van der Waals surface area contributed by atoms with Gasteiger partial charge in [-0.05, 0) is 12.1 Å². The minimum absolute atomic E-state index is 0.00933. The van der Waals surface area contributed by atoms with Crippen molar-refractivity contribution >= 4 is 17.6 Å². The van der Waals surface area contributed by atoms with Gasteiger partial charge in [0.25, 0.3) is 0 Å². The molecule has 0 aliphatic rings. The molecule has 0 bridgehead atoms. The first-order valence-electron chi connectivity index (χ1n) is 3.89. The van der Waals surface area contributed by atoms with E-state index < -0.39 is 5.97 Å². The van der Waals surface area contributed by atoms with Crippen molar-refractivity contribution in [1.82, 2.24) is 0 Å². The van der Waals surface area contributed by atoms with Crippen LogP contribution in [0.1, 0.15) is 0 Å². The molecule has 0 fully saturated rings. The molecule has 0 aliphatic carbocycles. The average molecular weight is 213 g/mol. The number of benzene rings is 1. The highest BCUT2D eigenvalue weighted by atomic mass is 35.5. The van der Waals surface area contributed by atoms with E-state index in [-0.39, 0.29) is 12.2 Å². The summed E-state index contributed by atoms with van der Waals surface area (Å²) in [5.74, 6) is -0.617. The summed E-state index contributed by atoms with van der Waals surface area (Å²) in [4.78, 5) is 10.4. The van der Waals surface area contributed by atoms with E-state index in [2.05, 4.69) is 6.58 Å². The smallest absolute Gasteiger partial charge is 0.334 e. The third-order valence-electron chi connectivity index (χ3n) is 1.54. The van der Waals surface area contributed by atoms with E-state index in [1.54, 1.807) is 24.3 Å². The Balaban J connectivity index is 2.58. The highest BCUT2D eigenvalue weighted by Gasteiger charge is 2.05. The van der Waals surface area contributed by atoms with Gasteiger partial charge in [-0.25, -0.2) is 4.79 Å². The van der Waals surface area contributed by atoms with Crippen molar-refractivity contribution in [3.63, 3.8) is 0 Å². The molecule has 0 aromatic heterocycles. The number of hydrogen-bond acceptors (Lipinski definition) is 2. The SMILES string of the molecule is C=C(COc1ccccc1Cl)C(=O)O. The van der Waals surface area contributed by atoms with Crippen molar-refractivity contribution < 1.29 is 14.6 Å². The summed E-state index contributed by atoms with van der Waals surface area (Å²) in [5, 5.41) is 8.97. The maximum atomic E-state index is 10.4. The molecule has 1 aromatic carbocycles. The molecule has 1 rings (SSSR count). The highest BCUT2D eigenvalue weighted by Crippen LogP contribution is 2.23. The van der Waals surface area contributed by atoms with Crippen molar-refractivity contribution in [2.24, 2.45) is 0 Å². The number of para-hydroxylation sites is 1. The van der Waals surface area contributed by atoms with Gasteiger partial charge in [-0.1, -0.05) is 30.3 Å². The molecule has 0 heterocycles. The fourth-order valence-corrected chi connectivity index (χ4v) is 0.979. The number of carboxylic acid groups (broad SMARTS) is 1. The van der Waals surface area contributed by atoms with Crippen LogP contribution in [0.15, 0.2) is 36.4 Å². The Kier molecular flexibility index (Phi) is 3.54. The van der Waals surface area contributed by atoms with Crippen molar-refractivity contribution in [1.29, 1.82) is 0 Å². The quantitative estimate of drug-likeness (QED) is 0.780. The van der Waals surface area contributed by atoms with E-state index >= 15 is 0 Å². The third kappa shape index (κ3) is 2.78. The second kappa shape index (κ2) is 4.67. The lowest BCUT2D eigenvalue weighted by atomic mass is 10.3. The van der Waals surface area contributed by atoms with Crippen LogP contribution in [-0.2, 0) is 4.79 Å². The van der Waals surface area contributed by atoms with Crippen LogP contribution < -0.4 is 4.74 Å². The Bertz CT molecular complexity index is 360. The highest BCUT2D eigenvalue weighted by molar-refractivity contribution is 6.32. The van der Waals surface area contributed by atoms with Gasteiger partial charge in [-0.3, -0.25) is 0 Å². The first-order valence-corrected chi connectivity index (χ1v) is 4.27. The normalized spacial score (nSPS) is 9.50. The molecule has 14 heavy (non-hydrogen) atoms. The van der Waals surface area contributed by atoms with Crippen LogP contribution in [0.2, 0.25) is 5.02 Å². The zero-order chi connectivity index (χ0) is 10.6. The van der Waals surface area contributed by atoms with Crippen LogP contribution in [-0.4, -0.2) is 17.7 Å². The third-order valence-corrected chi connectivity index (χ3v) is 1.85. The average Bonchev–Trinajstić information content (AvgIpc) is 2.16. The number of carbonyl (C=O) groups is 1. The lowest BCUT2D eigenvalue weighted by Crippen LogP contribution is -2.08. The summed E-state index contributed by atoms with van der Waals surface area (Å²) in [7, 11) is 0. The zero-order valence-corrected chi connectivity index (χ0v) is 8.12. The van der Waals surface area contributed by atoms with Gasteiger partial charge in [0.2, 0.25) is 0 Å². The number of halogens is 1. The predicted octanol–water partition coefficient (Wildman–Crippen LogP) is 2.36. The molecule has 0 amide bonds. The number of aliphatic carboxylic acids is 1. The van der Waals surface area contributed by atoms with E-state index in [0.717, 1.165) is 0 Å². The van der Waals surface area contributed by atoms with Gasteiger partial charge in [0, 0.05) is 0 Å². The van der Waals surface area contributed by atoms with Crippen molar-refractivity contribution in [2.45, 2.75) is 0 Å². The van der Waals surface area contributed by atoms with Crippen LogP contribution in [0.4, 0.5) is 0 Å². The molecule has 0 aliphatic heterocycles. The van der Waals surface area contributed by atoms with Gasteiger partial charge in [-0.15, -0.1) is 0 Å². The van der Waals surface area contributed by atoms with E-state index in [4.69, 9.17) is 21.4 Å². The molecule has 74 valence electrons. The standard InChI is InChI=1S/C10H9ClO3/c1-7(10(12)13)6-14-9-5-3-2-4-8(9)11/h2-5H,1,6H2,(H,12,13). The maximum absolute atomic E-state index is 10.4. The molecular weight excluding hydrogens is 204 g/mol. The van der Waals surface area contributed by atoms with E-state index in [1.807, 2.05) is 0 Å². The number of rotatable bonds is 4. The summed E-state index contributed by atoms with van der Waals surface area (Å²) in [6, 6.07) is 6.85. The minimum Gasteiger partial charge on any atom is -0.487 e. The van der Waals surface area contributed by atoms with Gasteiger partial charge in [0.05, 0.1) is 10.6 Å². The molecule has 3 nitrogen and oxygen atoms in total. The Morgan fingerprint density at radius 2 is 2.14 bits per heavy atom. The van der Waals surface area contributed by atoms with E-state index in [0.29, 0.717) is 10.8 Å². The summed E-state index contributed by atoms with van der Waals surface area (Å²) in [6.07, 6.45) is 0. The molecule has 4 heteroatoms. The first kappa shape index (κ1) is 10.6. The van der Waals surface area contributed by atoms with Gasteiger partial charge in [0.15, 0.2) is 0 Å². The van der Waals surface area contributed by atoms with Gasteiger partial charge >= 0.3 is 5.97 Å². The summed E-state index contributed by atoms with van der Waals surface area (Å²) < 4.78 is 5.15. The molecule has 0 radical (unpaired) electrons. The fourth-order valence-electron chi connectivity index (χ4n) is 0.788. The van der Waals surface area contributed by atoms with Crippen molar-refractivity contribution in [3.8, 4) is 5.75 Å². The van der Waals surface area contributed by atoms with Crippen LogP contribution in [0.3, 0.4) is 0 Å². The molecular formula is C10H9ClO3. The van der Waals surface area contributed by atoms with E-state index in [1.165, 1.54) is 0 Å². The maximum Gasteiger partial charge on any atom is 0.334 e. The second-order valence-electron chi connectivity index (χ2n) is 2.63. The van der Waals surface area contributed by atoms with Crippen LogP contribution in [0.5, 0.6) is 5.75 Å². The molecule has 0 saturated carbocycles. The Morgan fingerprint density at radius 3 is 2.71 bits per heavy atom.